The van der Waals surface area contributed by atoms with Crippen molar-refractivity contribution in [1.82, 2.24) is 0 Å². The summed E-state index contributed by atoms with van der Waals surface area (Å²) in [6.07, 6.45) is 77.0. The van der Waals surface area contributed by atoms with E-state index in [1.807, 2.05) is 0 Å². The second-order valence-corrected chi connectivity index (χ2v) is 28.7. The summed E-state index contributed by atoms with van der Waals surface area (Å²) in [5.74, 6) is -1.58. The summed E-state index contributed by atoms with van der Waals surface area (Å²) in [7, 11) is -9.77. The molecule has 0 amide bonds. The molecule has 0 aromatic heterocycles. The zero-order valence-corrected chi connectivity index (χ0v) is 62.1. The van der Waals surface area contributed by atoms with Gasteiger partial charge in [0.1, 0.15) is 25.4 Å². The number of carbonyl (C=O) groups excluding carboxylic acids is 3. The first kappa shape index (κ1) is 92.0. The zero-order chi connectivity index (χ0) is 69.5. The number of phosphoric acid groups is 2. The number of rotatable bonds is 73. The van der Waals surface area contributed by atoms with Crippen LogP contribution in [0.3, 0.4) is 0 Å². The van der Waals surface area contributed by atoms with Crippen molar-refractivity contribution < 1.29 is 75.8 Å². The summed E-state index contributed by atoms with van der Waals surface area (Å²) < 4.78 is 60.9. The molecule has 4 N–H and O–H groups in total. The summed E-state index contributed by atoms with van der Waals surface area (Å²) in [5.41, 5.74) is 0. The van der Waals surface area contributed by atoms with Crippen LogP contribution in [-0.4, -0.2) is 95.9 Å². The number of aliphatic hydroxyl groups excluding tert-OH is 2. The Labute approximate surface area is 579 Å². The Morgan fingerprint density at radius 3 is 0.895 bits per heavy atom. The largest absolute Gasteiger partial charge is 0.472 e. The van der Waals surface area contributed by atoms with Crippen LogP contribution in [0.15, 0.2) is 72.9 Å². The molecule has 0 aliphatic carbocycles. The Hall–Kier alpha value is -3.01. The first-order chi connectivity index (χ1) is 46.2. The molecule has 5 atom stereocenters. The summed E-state index contributed by atoms with van der Waals surface area (Å²) >= 11 is 0. The van der Waals surface area contributed by atoms with Gasteiger partial charge in [0.25, 0.3) is 0 Å². The van der Waals surface area contributed by atoms with E-state index in [0.29, 0.717) is 19.3 Å². The molecule has 18 heteroatoms. The standard InChI is InChI=1S/C77H140O16P2/c1-4-7-10-13-16-19-22-24-26-27-28-29-30-31-32-33-34-35-36-37-38-39-40-41-42-43-45-47-49-51-54-57-60-63-75(80)87-66-72(78)67-89-94(83,84)90-68-73(79)69-91-95(85,86)92-71-74(93-77(82)65-62-59-56-53-48-21-18-15-12-9-6-3)70-88-76(81)64-61-58-55-52-50-46-44-25-23-20-17-14-11-8-5-2/h15-16,18-19,24-26,28-29,31-32,44,72-74,78-79H,4-14,17,20-23,27,30,33-43,45-71H2,1-3H3,(H,83,84)(H,85,86)/b18-15-,19-16-,26-24-,29-28-,32-31-,44-25-. The molecule has 0 bridgehead atoms. The molecule has 0 aliphatic heterocycles. The minimum atomic E-state index is -4.92. The van der Waals surface area contributed by atoms with Crippen molar-refractivity contribution in [2.75, 3.05) is 39.6 Å². The smallest absolute Gasteiger partial charge is 0.463 e. The first-order valence-corrected chi connectivity index (χ1v) is 41.2. The van der Waals surface area contributed by atoms with Crippen LogP contribution in [0.25, 0.3) is 0 Å². The molecule has 0 aliphatic rings. The Morgan fingerprint density at radius 1 is 0.295 bits per heavy atom. The van der Waals surface area contributed by atoms with Gasteiger partial charge in [0.05, 0.1) is 26.4 Å². The van der Waals surface area contributed by atoms with Crippen molar-refractivity contribution in [3.63, 3.8) is 0 Å². The Kier molecular flexibility index (Phi) is 68.6. The minimum Gasteiger partial charge on any atom is -0.463 e. The van der Waals surface area contributed by atoms with Crippen LogP contribution < -0.4 is 0 Å². The van der Waals surface area contributed by atoms with Gasteiger partial charge in [-0.3, -0.25) is 32.5 Å². The number of hydrogen-bond acceptors (Lipinski definition) is 14. The molecular weight excluding hydrogens is 1240 g/mol. The second-order valence-electron chi connectivity index (χ2n) is 25.8. The number of ether oxygens (including phenoxy) is 3. The van der Waals surface area contributed by atoms with Gasteiger partial charge < -0.3 is 34.2 Å². The van der Waals surface area contributed by atoms with Gasteiger partial charge >= 0.3 is 33.6 Å². The van der Waals surface area contributed by atoms with E-state index in [2.05, 4.69) is 93.7 Å². The first-order valence-electron chi connectivity index (χ1n) is 38.2. The third-order valence-electron chi connectivity index (χ3n) is 16.4. The summed E-state index contributed by atoms with van der Waals surface area (Å²) in [4.78, 5) is 58.3. The molecule has 16 nitrogen and oxygen atoms in total. The highest BCUT2D eigenvalue weighted by Gasteiger charge is 2.29. The maximum Gasteiger partial charge on any atom is 0.472 e. The van der Waals surface area contributed by atoms with Crippen LogP contribution in [0.4, 0.5) is 0 Å². The van der Waals surface area contributed by atoms with E-state index in [1.54, 1.807) is 0 Å². The molecule has 554 valence electrons. The van der Waals surface area contributed by atoms with E-state index >= 15 is 0 Å². The molecule has 0 aromatic carbocycles. The van der Waals surface area contributed by atoms with Gasteiger partial charge in [-0.05, 0) is 109 Å². The van der Waals surface area contributed by atoms with E-state index in [4.69, 9.17) is 32.3 Å². The number of phosphoric ester groups is 2. The fraction of sp³-hybridized carbons (Fsp3) is 0.805. The minimum absolute atomic E-state index is 0.0955. The van der Waals surface area contributed by atoms with E-state index in [1.165, 1.54) is 167 Å². The zero-order valence-electron chi connectivity index (χ0n) is 60.3. The third kappa shape index (κ3) is 72.1. The fourth-order valence-corrected chi connectivity index (χ4v) is 12.1. The molecule has 0 radical (unpaired) electrons. The molecule has 0 aromatic rings. The van der Waals surface area contributed by atoms with Crippen LogP contribution in [-0.2, 0) is 55.8 Å². The normalized spacial score (nSPS) is 14.5. The lowest BCUT2D eigenvalue weighted by atomic mass is 10.0. The molecule has 5 unspecified atom stereocenters. The molecule has 95 heavy (non-hydrogen) atoms. The molecule has 0 spiro atoms. The van der Waals surface area contributed by atoms with Crippen molar-refractivity contribution in [2.24, 2.45) is 0 Å². The van der Waals surface area contributed by atoms with Crippen LogP contribution in [0, 0.1) is 0 Å². The van der Waals surface area contributed by atoms with Crippen molar-refractivity contribution in [3.8, 4) is 0 Å². The summed E-state index contributed by atoms with van der Waals surface area (Å²) in [6.45, 7) is 2.61. The number of esters is 3. The number of hydrogen-bond donors (Lipinski definition) is 4. The van der Waals surface area contributed by atoms with Gasteiger partial charge in [-0.25, -0.2) is 9.13 Å². The Balaban J connectivity index is 4.30. The van der Waals surface area contributed by atoms with Crippen LogP contribution in [0.5, 0.6) is 0 Å². The van der Waals surface area contributed by atoms with Gasteiger partial charge in [-0.1, -0.05) is 286 Å². The van der Waals surface area contributed by atoms with Gasteiger partial charge in [0, 0.05) is 19.3 Å². The molecule has 0 rings (SSSR count). The molecular formula is C77H140O16P2. The monoisotopic (exact) mass is 1380 g/mol. The van der Waals surface area contributed by atoms with Crippen molar-refractivity contribution in [3.05, 3.63) is 72.9 Å². The Bertz CT molecular complexity index is 2020. The SMILES string of the molecule is CCCC/C=C\CCCCCCCC(=O)OC(COC(=O)CCCCCCC/C=C\CCCCCCCC)COP(=O)(O)OCC(O)COP(=O)(O)OCC(O)COC(=O)CCCCCCCCCCCCCCCCCCC/C=C\C/C=C\C/C=C\C/C=C\CCCCC. The predicted octanol–water partition coefficient (Wildman–Crippen LogP) is 21.9. The highest BCUT2D eigenvalue weighted by atomic mass is 31.2. The maximum atomic E-state index is 12.9. The van der Waals surface area contributed by atoms with Crippen molar-refractivity contribution in [2.45, 2.75) is 360 Å². The highest BCUT2D eigenvalue weighted by Crippen LogP contribution is 2.45. The molecule has 0 saturated carbocycles. The summed E-state index contributed by atoms with van der Waals surface area (Å²) in [6, 6.07) is 0. The predicted molar refractivity (Wildman–Crippen MR) is 390 cm³/mol. The van der Waals surface area contributed by atoms with E-state index in [-0.39, 0.29) is 19.3 Å². The van der Waals surface area contributed by atoms with Gasteiger partial charge in [0.15, 0.2) is 6.10 Å². The summed E-state index contributed by atoms with van der Waals surface area (Å²) in [5, 5.41) is 20.6. The quantitative estimate of drug-likeness (QED) is 0.0146. The molecule has 0 heterocycles. The number of aliphatic hydroxyl groups is 2. The topological polar surface area (TPSA) is 231 Å². The average molecular weight is 1380 g/mol. The van der Waals surface area contributed by atoms with Crippen LogP contribution in [0.2, 0.25) is 0 Å². The Morgan fingerprint density at radius 2 is 0.537 bits per heavy atom. The third-order valence-corrected chi connectivity index (χ3v) is 18.3. The van der Waals surface area contributed by atoms with E-state index < -0.39 is 91.5 Å². The van der Waals surface area contributed by atoms with Gasteiger partial charge in [-0.15, -0.1) is 0 Å². The maximum absolute atomic E-state index is 12.9. The van der Waals surface area contributed by atoms with Crippen LogP contribution >= 0.6 is 15.6 Å². The van der Waals surface area contributed by atoms with Crippen molar-refractivity contribution >= 4 is 33.6 Å². The average Bonchev–Trinajstić information content (AvgIpc) is 2.58. The molecule has 0 saturated heterocycles. The lowest BCUT2D eigenvalue weighted by Crippen LogP contribution is -2.30. The van der Waals surface area contributed by atoms with Crippen LogP contribution in [0.1, 0.15) is 342 Å². The number of unbranched alkanes of at least 4 members (excludes halogenated alkanes) is 38. The lowest BCUT2D eigenvalue weighted by Gasteiger charge is -2.21. The van der Waals surface area contributed by atoms with Crippen molar-refractivity contribution in [1.29, 1.82) is 0 Å². The number of carbonyl (C=O) groups is 3. The molecule has 0 fully saturated rings. The van der Waals surface area contributed by atoms with Gasteiger partial charge in [-0.2, -0.15) is 0 Å². The second kappa shape index (κ2) is 70.8. The highest BCUT2D eigenvalue weighted by molar-refractivity contribution is 7.47. The number of allylic oxidation sites excluding steroid dienone is 12. The van der Waals surface area contributed by atoms with Gasteiger partial charge in [0.2, 0.25) is 0 Å². The lowest BCUT2D eigenvalue weighted by molar-refractivity contribution is -0.161. The van der Waals surface area contributed by atoms with E-state index in [0.717, 1.165) is 116 Å². The fourth-order valence-electron chi connectivity index (χ4n) is 10.5. The van der Waals surface area contributed by atoms with E-state index in [9.17, 15) is 43.5 Å².